The zero-order valence-corrected chi connectivity index (χ0v) is 17.9. The number of hydrogen-bond acceptors (Lipinski definition) is 6. The van der Waals surface area contributed by atoms with Gasteiger partial charge in [0.1, 0.15) is 0 Å². The number of esters is 1. The van der Waals surface area contributed by atoms with Crippen molar-refractivity contribution >= 4 is 29.0 Å². The standard InChI is InChI=1S/C23H21F3N2O6/c24-23(25,26)18-12-17(28(32)33)7-8-19(18)27-21(30)13-34-22(31)10-9-20(29)16-6-5-14-3-1-2-4-15(14)11-16/h5-8,11-12H,1-4,9-10,13H2,(H,27,30). The number of amides is 1. The van der Waals surface area contributed by atoms with Gasteiger partial charge in [-0.1, -0.05) is 12.1 Å². The number of nitro benzene ring substituents is 1. The van der Waals surface area contributed by atoms with E-state index in [4.69, 9.17) is 4.74 Å². The van der Waals surface area contributed by atoms with Crippen molar-refractivity contribution in [3.8, 4) is 0 Å². The molecule has 0 spiro atoms. The van der Waals surface area contributed by atoms with Gasteiger partial charge >= 0.3 is 12.1 Å². The first-order valence-corrected chi connectivity index (χ1v) is 10.5. The number of Topliss-reactive ketones (excluding diaryl/α,β-unsaturated/α-hetero) is 1. The van der Waals surface area contributed by atoms with E-state index < -0.39 is 46.5 Å². The first-order chi connectivity index (χ1) is 16.0. The number of carbonyl (C=O) groups excluding carboxylic acids is 3. The minimum atomic E-state index is -4.96. The second-order valence-corrected chi connectivity index (χ2v) is 7.81. The van der Waals surface area contributed by atoms with Crippen molar-refractivity contribution in [2.45, 2.75) is 44.7 Å². The Morgan fingerprint density at radius 2 is 1.71 bits per heavy atom. The average molecular weight is 478 g/mol. The van der Waals surface area contributed by atoms with Crippen molar-refractivity contribution in [3.63, 3.8) is 0 Å². The van der Waals surface area contributed by atoms with Crippen LogP contribution in [-0.4, -0.2) is 29.2 Å². The van der Waals surface area contributed by atoms with Gasteiger partial charge in [-0.3, -0.25) is 24.5 Å². The first kappa shape index (κ1) is 24.9. The van der Waals surface area contributed by atoms with Crippen molar-refractivity contribution in [2.75, 3.05) is 11.9 Å². The summed E-state index contributed by atoms with van der Waals surface area (Å²) >= 11 is 0. The maximum Gasteiger partial charge on any atom is 0.418 e. The highest BCUT2D eigenvalue weighted by molar-refractivity contribution is 5.98. The van der Waals surface area contributed by atoms with Crippen LogP contribution in [0.4, 0.5) is 24.5 Å². The smallest absolute Gasteiger partial charge is 0.418 e. The van der Waals surface area contributed by atoms with Gasteiger partial charge in [-0.05, 0) is 48.9 Å². The van der Waals surface area contributed by atoms with Crippen LogP contribution in [-0.2, 0) is 33.3 Å². The summed E-state index contributed by atoms with van der Waals surface area (Å²) < 4.78 is 44.3. The predicted octanol–water partition coefficient (Wildman–Crippen LogP) is 4.64. The molecule has 1 aliphatic carbocycles. The molecule has 0 aliphatic heterocycles. The highest BCUT2D eigenvalue weighted by atomic mass is 19.4. The molecule has 0 fully saturated rings. The van der Waals surface area contributed by atoms with Gasteiger partial charge in [-0.15, -0.1) is 0 Å². The quantitative estimate of drug-likeness (QED) is 0.256. The van der Waals surface area contributed by atoms with Crippen molar-refractivity contribution in [1.82, 2.24) is 0 Å². The SMILES string of the molecule is O=C(COC(=O)CCC(=O)c1ccc2c(c1)CCCC2)Nc1ccc([N+](=O)[O-])cc1C(F)(F)F. The van der Waals surface area contributed by atoms with Crippen LogP contribution in [0.3, 0.4) is 0 Å². The second kappa shape index (κ2) is 10.4. The Balaban J connectivity index is 1.51. The number of nitrogens with zero attached hydrogens (tertiary/aromatic N) is 1. The van der Waals surface area contributed by atoms with Crippen molar-refractivity contribution in [1.29, 1.82) is 0 Å². The van der Waals surface area contributed by atoms with Crippen LogP contribution in [0, 0.1) is 10.1 Å². The third kappa shape index (κ3) is 6.40. The lowest BCUT2D eigenvalue weighted by Gasteiger charge is -2.16. The van der Waals surface area contributed by atoms with E-state index in [0.29, 0.717) is 11.6 Å². The molecule has 180 valence electrons. The first-order valence-electron chi connectivity index (χ1n) is 10.5. The summed E-state index contributed by atoms with van der Waals surface area (Å²) in [4.78, 5) is 46.0. The molecule has 2 aromatic rings. The number of halogens is 3. The molecule has 1 aliphatic rings. The van der Waals surface area contributed by atoms with Gasteiger partial charge in [0, 0.05) is 24.1 Å². The highest BCUT2D eigenvalue weighted by Gasteiger charge is 2.35. The molecule has 11 heteroatoms. The summed E-state index contributed by atoms with van der Waals surface area (Å²) in [5, 5.41) is 12.7. The predicted molar refractivity (Wildman–Crippen MR) is 114 cm³/mol. The molecular weight excluding hydrogens is 457 g/mol. The molecule has 0 heterocycles. The van der Waals surface area contributed by atoms with Crippen LogP contribution < -0.4 is 5.32 Å². The molecule has 0 aromatic heterocycles. The number of anilines is 1. The van der Waals surface area contributed by atoms with Gasteiger partial charge in [0.25, 0.3) is 11.6 Å². The molecule has 0 atom stereocenters. The van der Waals surface area contributed by atoms with E-state index in [-0.39, 0.29) is 18.6 Å². The number of rotatable bonds is 8. The number of fused-ring (bicyclic) bond motifs is 1. The lowest BCUT2D eigenvalue weighted by molar-refractivity contribution is -0.385. The minimum absolute atomic E-state index is 0.139. The summed E-state index contributed by atoms with van der Waals surface area (Å²) in [6.07, 6.45) is -1.34. The van der Waals surface area contributed by atoms with Gasteiger partial charge < -0.3 is 10.1 Å². The molecule has 1 N–H and O–H groups in total. The Bertz CT molecular complexity index is 1130. The van der Waals surface area contributed by atoms with Crippen LogP contribution in [0.25, 0.3) is 0 Å². The summed E-state index contributed by atoms with van der Waals surface area (Å²) in [6, 6.07) is 7.32. The molecule has 0 radical (unpaired) electrons. The van der Waals surface area contributed by atoms with Crippen LogP contribution in [0.1, 0.15) is 52.7 Å². The summed E-state index contributed by atoms with van der Waals surface area (Å²) in [7, 11) is 0. The molecule has 8 nitrogen and oxygen atoms in total. The number of ketones is 1. The Morgan fingerprint density at radius 3 is 2.38 bits per heavy atom. The number of aryl methyl sites for hydroxylation is 2. The van der Waals surface area contributed by atoms with E-state index in [1.165, 1.54) is 5.56 Å². The largest absolute Gasteiger partial charge is 0.456 e. The maximum absolute atomic E-state index is 13.2. The third-order valence-corrected chi connectivity index (χ3v) is 5.38. The zero-order chi connectivity index (χ0) is 24.9. The molecule has 0 saturated carbocycles. The maximum atomic E-state index is 13.2. The Labute approximate surface area is 192 Å². The number of alkyl halides is 3. The summed E-state index contributed by atoms with van der Waals surface area (Å²) in [6.45, 7) is -0.875. The van der Waals surface area contributed by atoms with Crippen molar-refractivity contribution in [3.05, 3.63) is 68.8 Å². The lowest BCUT2D eigenvalue weighted by Crippen LogP contribution is -2.23. The fourth-order valence-electron chi connectivity index (χ4n) is 3.66. The normalized spacial score (nSPS) is 13.0. The number of nitro groups is 1. The number of nitrogens with one attached hydrogen (secondary N) is 1. The molecule has 3 rings (SSSR count). The van der Waals surface area contributed by atoms with Gasteiger partial charge in [0.2, 0.25) is 0 Å². The third-order valence-electron chi connectivity index (χ3n) is 5.38. The van der Waals surface area contributed by atoms with E-state index in [2.05, 4.69) is 0 Å². The van der Waals surface area contributed by atoms with Gasteiger partial charge in [0.05, 0.1) is 22.6 Å². The van der Waals surface area contributed by atoms with Crippen LogP contribution in [0.2, 0.25) is 0 Å². The molecular formula is C23H21F3N2O6. The number of ether oxygens (including phenoxy) is 1. The topological polar surface area (TPSA) is 116 Å². The molecule has 0 unspecified atom stereocenters. The van der Waals surface area contributed by atoms with Crippen LogP contribution in [0.5, 0.6) is 0 Å². The van der Waals surface area contributed by atoms with Crippen molar-refractivity contribution < 1.29 is 37.2 Å². The zero-order valence-electron chi connectivity index (χ0n) is 17.9. The van der Waals surface area contributed by atoms with Gasteiger partial charge in [-0.25, -0.2) is 0 Å². The monoisotopic (exact) mass is 478 g/mol. The van der Waals surface area contributed by atoms with Gasteiger partial charge in [-0.2, -0.15) is 13.2 Å². The highest BCUT2D eigenvalue weighted by Crippen LogP contribution is 2.37. The van der Waals surface area contributed by atoms with E-state index in [1.54, 1.807) is 6.07 Å². The Kier molecular flexibility index (Phi) is 7.64. The van der Waals surface area contributed by atoms with Crippen molar-refractivity contribution in [2.24, 2.45) is 0 Å². The number of carbonyl (C=O) groups is 3. The summed E-state index contributed by atoms with van der Waals surface area (Å²) in [5.74, 6) is -2.18. The fourth-order valence-corrected chi connectivity index (χ4v) is 3.66. The summed E-state index contributed by atoms with van der Waals surface area (Å²) in [5.41, 5.74) is -0.0705. The number of hydrogen-bond donors (Lipinski definition) is 1. The fraction of sp³-hybridized carbons (Fsp3) is 0.348. The van der Waals surface area contributed by atoms with E-state index in [9.17, 15) is 37.7 Å². The number of benzene rings is 2. The molecule has 0 bridgehead atoms. The van der Waals surface area contributed by atoms with E-state index in [1.807, 2.05) is 17.4 Å². The second-order valence-electron chi connectivity index (χ2n) is 7.81. The molecule has 2 aromatic carbocycles. The van der Waals surface area contributed by atoms with E-state index >= 15 is 0 Å². The average Bonchev–Trinajstić information content (AvgIpc) is 2.80. The van der Waals surface area contributed by atoms with Gasteiger partial charge in [0.15, 0.2) is 12.4 Å². The van der Waals surface area contributed by atoms with Crippen LogP contribution >= 0.6 is 0 Å². The molecule has 34 heavy (non-hydrogen) atoms. The minimum Gasteiger partial charge on any atom is -0.456 e. The lowest BCUT2D eigenvalue weighted by atomic mass is 9.89. The molecule has 0 saturated heterocycles. The van der Waals surface area contributed by atoms with Crippen LogP contribution in [0.15, 0.2) is 36.4 Å². The van der Waals surface area contributed by atoms with E-state index in [0.717, 1.165) is 43.4 Å². The number of non-ortho nitro benzene ring substituents is 1. The Hall–Kier alpha value is -3.76. The Morgan fingerprint density at radius 1 is 1.00 bits per heavy atom. The molecule has 1 amide bonds.